The number of hydrogen-bond donors (Lipinski definition) is 4. The van der Waals surface area contributed by atoms with Gasteiger partial charge in [0, 0.05) is 6.08 Å². The van der Waals surface area contributed by atoms with Crippen molar-refractivity contribution in [1.82, 2.24) is 0 Å². The fourth-order valence-corrected chi connectivity index (χ4v) is 1.81. The molecule has 5 atom stereocenters. The molecule has 2 heterocycles. The van der Waals surface area contributed by atoms with E-state index in [1.54, 1.807) is 0 Å². The Bertz CT molecular complexity index is 351. The highest BCUT2D eigenvalue weighted by Gasteiger charge is 2.45. The predicted octanol–water partition coefficient (Wildman–Crippen LogP) is -1.77. The molecule has 0 unspecified atom stereocenters. The first-order chi connectivity index (χ1) is 8.52. The van der Waals surface area contributed by atoms with Gasteiger partial charge in [0.1, 0.15) is 42.5 Å². The summed E-state index contributed by atoms with van der Waals surface area (Å²) in [6.45, 7) is 3.23. The van der Waals surface area contributed by atoms with Gasteiger partial charge in [-0.05, 0) is 0 Å². The zero-order valence-corrected chi connectivity index (χ0v) is 9.60. The van der Waals surface area contributed by atoms with Crippen LogP contribution in [0.1, 0.15) is 0 Å². The predicted molar refractivity (Wildman–Crippen MR) is 58.0 cm³/mol. The second-order valence-corrected chi connectivity index (χ2v) is 4.18. The zero-order valence-electron chi connectivity index (χ0n) is 9.60. The number of aliphatic hydroxyl groups excluding tert-OH is 4. The minimum atomic E-state index is -1.45. The lowest BCUT2D eigenvalue weighted by Crippen LogP contribution is -2.59. The minimum Gasteiger partial charge on any atom is -0.486 e. The highest BCUT2D eigenvalue weighted by Crippen LogP contribution is 2.25. The monoisotopic (exact) mass is 260 g/mol. The van der Waals surface area contributed by atoms with Crippen LogP contribution in [0.5, 0.6) is 0 Å². The van der Waals surface area contributed by atoms with Crippen LogP contribution in [-0.2, 0) is 14.2 Å². The molecule has 7 nitrogen and oxygen atoms in total. The van der Waals surface area contributed by atoms with Crippen LogP contribution in [0.25, 0.3) is 0 Å². The van der Waals surface area contributed by atoms with Gasteiger partial charge in [0.25, 0.3) is 0 Å². The van der Waals surface area contributed by atoms with E-state index in [0.29, 0.717) is 11.5 Å². The third-order valence-corrected chi connectivity index (χ3v) is 2.84. The van der Waals surface area contributed by atoms with Gasteiger partial charge in [-0.1, -0.05) is 6.58 Å². The summed E-state index contributed by atoms with van der Waals surface area (Å²) in [5.41, 5.74) is 0. The Balaban J connectivity index is 2.03. The summed E-state index contributed by atoms with van der Waals surface area (Å²) >= 11 is 0. The third-order valence-electron chi connectivity index (χ3n) is 2.84. The lowest BCUT2D eigenvalue weighted by molar-refractivity contribution is -0.292. The average Bonchev–Trinajstić information content (AvgIpc) is 2.75. The van der Waals surface area contributed by atoms with E-state index in [1.807, 2.05) is 0 Å². The summed E-state index contributed by atoms with van der Waals surface area (Å²) in [6, 6.07) is 0. The van der Waals surface area contributed by atoms with Gasteiger partial charge in [-0.3, -0.25) is 0 Å². The number of aliphatic hydroxyl groups is 4. The van der Waals surface area contributed by atoms with Crippen molar-refractivity contribution in [2.45, 2.75) is 30.7 Å². The molecule has 102 valence electrons. The van der Waals surface area contributed by atoms with Gasteiger partial charge in [0.05, 0.1) is 6.61 Å². The topological polar surface area (TPSA) is 109 Å². The van der Waals surface area contributed by atoms with Crippen molar-refractivity contribution in [2.24, 2.45) is 0 Å². The summed E-state index contributed by atoms with van der Waals surface area (Å²) in [4.78, 5) is 0. The van der Waals surface area contributed by atoms with Crippen LogP contribution in [0, 0.1) is 0 Å². The van der Waals surface area contributed by atoms with Gasteiger partial charge in [0.2, 0.25) is 6.29 Å². The summed E-state index contributed by atoms with van der Waals surface area (Å²) in [7, 11) is 0. The Kier molecular flexibility index (Phi) is 3.88. The fourth-order valence-electron chi connectivity index (χ4n) is 1.81. The van der Waals surface area contributed by atoms with E-state index in [0.717, 1.165) is 0 Å². The second kappa shape index (κ2) is 5.25. The maximum Gasteiger partial charge on any atom is 0.228 e. The van der Waals surface area contributed by atoms with Gasteiger partial charge >= 0.3 is 0 Å². The Morgan fingerprint density at radius 3 is 2.56 bits per heavy atom. The number of hydrogen-bond acceptors (Lipinski definition) is 7. The summed E-state index contributed by atoms with van der Waals surface area (Å²) in [5.74, 6) is 0.818. The molecule has 1 fully saturated rings. The molecular formula is C11H16O7. The Labute approximate surface area is 104 Å². The molecule has 0 radical (unpaired) electrons. The maximum absolute atomic E-state index is 9.72. The lowest BCUT2D eigenvalue weighted by Gasteiger charge is -2.39. The molecule has 0 bridgehead atoms. The molecule has 2 aliphatic rings. The first-order valence-electron chi connectivity index (χ1n) is 5.52. The normalized spacial score (nSPS) is 40.3. The maximum atomic E-state index is 9.72. The first kappa shape index (κ1) is 13.3. The van der Waals surface area contributed by atoms with E-state index in [1.165, 1.54) is 6.08 Å². The highest BCUT2D eigenvalue weighted by molar-refractivity contribution is 5.18. The van der Waals surface area contributed by atoms with E-state index in [2.05, 4.69) is 6.58 Å². The second-order valence-electron chi connectivity index (χ2n) is 4.18. The van der Waals surface area contributed by atoms with Crippen LogP contribution in [0.3, 0.4) is 0 Å². The quantitative estimate of drug-likeness (QED) is 0.475. The number of rotatable bonds is 3. The van der Waals surface area contributed by atoms with E-state index in [4.69, 9.17) is 19.3 Å². The van der Waals surface area contributed by atoms with E-state index < -0.39 is 37.3 Å². The smallest absolute Gasteiger partial charge is 0.228 e. The summed E-state index contributed by atoms with van der Waals surface area (Å²) in [5, 5.41) is 37.8. The third kappa shape index (κ3) is 2.50. The Hall–Kier alpha value is -1.12. The number of allylic oxidation sites excluding steroid dienone is 1. The summed E-state index contributed by atoms with van der Waals surface area (Å²) < 4.78 is 15.5. The lowest BCUT2D eigenvalue weighted by atomic mass is 9.99. The molecule has 18 heavy (non-hydrogen) atoms. The van der Waals surface area contributed by atoms with E-state index in [9.17, 15) is 15.3 Å². The largest absolute Gasteiger partial charge is 0.486 e. The molecular weight excluding hydrogens is 244 g/mol. The molecule has 0 aromatic carbocycles. The van der Waals surface area contributed by atoms with Crippen LogP contribution in [0.2, 0.25) is 0 Å². The van der Waals surface area contributed by atoms with Crippen molar-refractivity contribution >= 4 is 0 Å². The van der Waals surface area contributed by atoms with Gasteiger partial charge in [-0.15, -0.1) is 0 Å². The van der Waals surface area contributed by atoms with Crippen molar-refractivity contribution in [2.75, 3.05) is 13.2 Å². The van der Waals surface area contributed by atoms with Crippen LogP contribution in [-0.4, -0.2) is 64.3 Å². The number of ether oxygens (including phenoxy) is 3. The Morgan fingerprint density at radius 2 is 2.00 bits per heavy atom. The molecule has 4 N–H and O–H groups in total. The zero-order chi connectivity index (χ0) is 13.3. The Morgan fingerprint density at radius 1 is 1.28 bits per heavy atom. The molecule has 0 amide bonds. The van der Waals surface area contributed by atoms with Crippen molar-refractivity contribution in [3.8, 4) is 0 Å². The minimum absolute atomic E-state index is 0.161. The summed E-state index contributed by atoms with van der Waals surface area (Å²) in [6.07, 6.45) is -4.90. The molecule has 7 heteroatoms. The molecule has 0 saturated carbocycles. The van der Waals surface area contributed by atoms with E-state index >= 15 is 0 Å². The van der Waals surface area contributed by atoms with Crippen molar-refractivity contribution in [3.05, 3.63) is 24.2 Å². The van der Waals surface area contributed by atoms with Crippen molar-refractivity contribution in [1.29, 1.82) is 0 Å². The molecule has 1 saturated heterocycles. The molecule has 0 aromatic rings. The molecule has 0 aromatic heterocycles. The fraction of sp³-hybridized carbons (Fsp3) is 0.636. The molecule has 0 spiro atoms. The van der Waals surface area contributed by atoms with Crippen LogP contribution < -0.4 is 0 Å². The molecule has 2 aliphatic heterocycles. The van der Waals surface area contributed by atoms with Gasteiger partial charge in [0.15, 0.2) is 0 Å². The van der Waals surface area contributed by atoms with Gasteiger partial charge in [-0.2, -0.15) is 0 Å². The first-order valence-corrected chi connectivity index (χ1v) is 5.52. The van der Waals surface area contributed by atoms with Crippen LogP contribution >= 0.6 is 0 Å². The van der Waals surface area contributed by atoms with Crippen molar-refractivity contribution < 1.29 is 34.6 Å². The van der Waals surface area contributed by atoms with Gasteiger partial charge < -0.3 is 34.6 Å². The van der Waals surface area contributed by atoms with Crippen molar-refractivity contribution in [3.63, 3.8) is 0 Å². The SMILES string of the molecule is C=C1C=C(O[C@@H]2O[C@H](CO)[C@@H](O)[C@H](O)[C@H]2O)CO1. The van der Waals surface area contributed by atoms with E-state index in [-0.39, 0.29) is 6.61 Å². The van der Waals surface area contributed by atoms with Crippen LogP contribution in [0.15, 0.2) is 24.2 Å². The highest BCUT2D eigenvalue weighted by atomic mass is 16.7. The van der Waals surface area contributed by atoms with Crippen LogP contribution in [0.4, 0.5) is 0 Å². The average molecular weight is 260 g/mol. The molecule has 2 rings (SSSR count). The molecule has 0 aliphatic carbocycles. The van der Waals surface area contributed by atoms with Gasteiger partial charge in [-0.25, -0.2) is 0 Å². The standard InChI is InChI=1S/C11H16O7/c1-5-2-6(4-16-5)17-11-10(15)9(14)8(13)7(3-12)18-11/h2,7-15H,1,3-4H2/t7-,8-,9+,10-,11-/m1/s1.